The summed E-state index contributed by atoms with van der Waals surface area (Å²) in [6, 6.07) is -0.134. The normalized spacial score (nSPS) is 33.9. The van der Waals surface area contributed by atoms with E-state index in [0.29, 0.717) is 43.4 Å². The predicted octanol–water partition coefficient (Wildman–Crippen LogP) is 7.30. The van der Waals surface area contributed by atoms with Crippen molar-refractivity contribution in [1.82, 2.24) is 4.90 Å². The lowest BCUT2D eigenvalue weighted by molar-refractivity contribution is -0.318. The molecule has 2 heterocycles. The lowest BCUT2D eigenvalue weighted by Gasteiger charge is -2.66. The van der Waals surface area contributed by atoms with Crippen LogP contribution in [0.4, 0.5) is 4.79 Å². The summed E-state index contributed by atoms with van der Waals surface area (Å²) in [7, 11) is 0. The number of allylic oxidation sites excluding steroid dienone is 3. The van der Waals surface area contributed by atoms with E-state index in [1.807, 2.05) is 0 Å². The van der Waals surface area contributed by atoms with Gasteiger partial charge in [-0.1, -0.05) is 96.5 Å². The summed E-state index contributed by atoms with van der Waals surface area (Å²) in [4.78, 5) is 28.0. The van der Waals surface area contributed by atoms with E-state index in [2.05, 4.69) is 17.9 Å². The molecule has 3 unspecified atom stereocenters. The first-order valence-electron chi connectivity index (χ1n) is 19.1. The minimum absolute atomic E-state index is 0.000502. The maximum atomic E-state index is 13.3. The number of hydrogen-bond acceptors (Lipinski definition) is 9. The Morgan fingerprint density at radius 3 is 2.26 bits per heavy atom. The van der Waals surface area contributed by atoms with E-state index in [1.165, 1.54) is 83.5 Å². The van der Waals surface area contributed by atoms with Crippen LogP contribution in [0.25, 0.3) is 0 Å². The van der Waals surface area contributed by atoms with Gasteiger partial charge in [0.2, 0.25) is 12.6 Å². The van der Waals surface area contributed by atoms with E-state index in [0.717, 1.165) is 32.2 Å². The molecule has 6 atom stereocenters. The zero-order valence-electron chi connectivity index (χ0n) is 28.7. The molecule has 2 N–H and O–H groups in total. The van der Waals surface area contributed by atoms with Crippen molar-refractivity contribution in [2.24, 2.45) is 23.2 Å². The van der Waals surface area contributed by atoms with Crippen molar-refractivity contribution in [3.8, 4) is 0 Å². The number of unbranched alkanes of at least 4 members (excludes halogenated alkanes) is 13. The number of carbonyl (C=O) groups is 2. The Kier molecular flexibility index (Phi) is 11.2. The van der Waals surface area contributed by atoms with E-state index in [1.54, 1.807) is 6.08 Å². The van der Waals surface area contributed by atoms with Crippen molar-refractivity contribution in [1.29, 1.82) is 0 Å². The number of carbonyl (C=O) groups excluding carboxylic acids is 2. The van der Waals surface area contributed by atoms with Crippen molar-refractivity contribution >= 4 is 11.9 Å². The minimum Gasteiger partial charge on any atom is -0.454 e. The van der Waals surface area contributed by atoms with Gasteiger partial charge < -0.3 is 29.2 Å². The topological polar surface area (TPSA) is 115 Å². The fourth-order valence-corrected chi connectivity index (χ4v) is 9.69. The largest absolute Gasteiger partial charge is 0.511 e. The molecular formula is C38H59NO8. The highest BCUT2D eigenvalue weighted by molar-refractivity contribution is 5.89. The third kappa shape index (κ3) is 6.87. The van der Waals surface area contributed by atoms with Crippen molar-refractivity contribution in [2.75, 3.05) is 26.5 Å². The Morgan fingerprint density at radius 2 is 1.60 bits per heavy atom. The van der Waals surface area contributed by atoms with E-state index < -0.39 is 23.0 Å². The predicted molar refractivity (Wildman–Crippen MR) is 177 cm³/mol. The van der Waals surface area contributed by atoms with Gasteiger partial charge in [0.1, 0.15) is 5.76 Å². The van der Waals surface area contributed by atoms with Crippen LogP contribution in [-0.4, -0.2) is 71.0 Å². The van der Waals surface area contributed by atoms with Crippen LogP contribution < -0.4 is 0 Å². The molecule has 5 fully saturated rings. The first-order valence-corrected chi connectivity index (χ1v) is 19.1. The van der Waals surface area contributed by atoms with Gasteiger partial charge in [0.05, 0.1) is 17.6 Å². The van der Waals surface area contributed by atoms with Gasteiger partial charge in [0.25, 0.3) is 5.79 Å². The summed E-state index contributed by atoms with van der Waals surface area (Å²) in [5.74, 6) is -1.45. The number of ketones is 1. The fourth-order valence-electron chi connectivity index (χ4n) is 9.69. The number of hydrogen-bond donors (Lipinski definition) is 2. The number of rotatable bonds is 20. The molecule has 0 amide bonds. The lowest BCUT2D eigenvalue weighted by Crippen LogP contribution is -2.80. The maximum absolute atomic E-state index is 13.3. The number of ether oxygens (including phenoxy) is 4. The highest BCUT2D eigenvalue weighted by Crippen LogP contribution is 2.72. The molecule has 1 spiro atoms. The second kappa shape index (κ2) is 15.2. The Bertz CT molecular complexity index is 1170. The van der Waals surface area contributed by atoms with Gasteiger partial charge in [-0.3, -0.25) is 9.69 Å². The fraction of sp³-hybridized carbons (Fsp3) is 0.842. The third-order valence-electron chi connectivity index (χ3n) is 12.3. The summed E-state index contributed by atoms with van der Waals surface area (Å²) >= 11 is 0. The smallest absolute Gasteiger partial charge is 0.454 e. The van der Waals surface area contributed by atoms with Crippen LogP contribution in [0.3, 0.4) is 0 Å². The second-order valence-electron chi connectivity index (χ2n) is 15.3. The molecule has 9 nitrogen and oxygen atoms in total. The van der Waals surface area contributed by atoms with E-state index >= 15 is 0 Å². The molecule has 3 saturated carbocycles. The first kappa shape index (κ1) is 34.8. The van der Waals surface area contributed by atoms with Crippen LogP contribution in [0.15, 0.2) is 23.7 Å². The van der Waals surface area contributed by atoms with Gasteiger partial charge >= 0.3 is 6.16 Å². The van der Waals surface area contributed by atoms with Gasteiger partial charge in [-0.2, -0.15) is 0 Å². The van der Waals surface area contributed by atoms with Crippen molar-refractivity contribution in [3.63, 3.8) is 0 Å². The Labute approximate surface area is 281 Å². The molecule has 0 aromatic carbocycles. The minimum atomic E-state index is -2.10. The van der Waals surface area contributed by atoms with Gasteiger partial charge in [-0.15, -0.1) is 0 Å². The summed E-state index contributed by atoms with van der Waals surface area (Å²) in [6.45, 7) is 3.88. The highest BCUT2D eigenvalue weighted by Gasteiger charge is 2.83. The maximum Gasteiger partial charge on any atom is 0.511 e. The van der Waals surface area contributed by atoms with Crippen molar-refractivity contribution in [3.05, 3.63) is 23.7 Å². The molecule has 47 heavy (non-hydrogen) atoms. The van der Waals surface area contributed by atoms with Crippen LogP contribution in [0.5, 0.6) is 0 Å². The molecule has 264 valence electrons. The molecule has 4 aliphatic carbocycles. The van der Waals surface area contributed by atoms with E-state index in [-0.39, 0.29) is 36.9 Å². The van der Waals surface area contributed by atoms with Gasteiger partial charge in [0.15, 0.2) is 5.76 Å². The number of aliphatic hydroxyl groups is 2. The Morgan fingerprint density at radius 1 is 0.936 bits per heavy atom. The molecule has 6 rings (SSSR count). The molecule has 2 aliphatic heterocycles. The standard InChI is InChI=1S/C38H59NO8/c1-2-3-4-5-6-7-8-9-10-11-12-13-14-15-24-44-35(41)46-27-45-30-19-18-29-25-31-37(42)21-20-32(40)38(43)36(37,33(29)34(30)47-38)22-23-39(31)26-28-16-17-28/h18-19,28-29,31,33,42-43H,2-17,20-27H2,1H3/t29?,31?,33?,36-,37-,38+/m1/s1. The third-order valence-corrected chi connectivity index (χ3v) is 12.3. The summed E-state index contributed by atoms with van der Waals surface area (Å²) in [6.07, 6.45) is 24.9. The molecule has 9 heteroatoms. The molecule has 2 bridgehead atoms. The molecule has 0 aromatic heterocycles. The molecule has 6 aliphatic rings. The molecule has 0 radical (unpaired) electrons. The lowest BCUT2D eigenvalue weighted by atomic mass is 9.43. The highest BCUT2D eigenvalue weighted by atomic mass is 16.8. The summed E-state index contributed by atoms with van der Waals surface area (Å²) in [5.41, 5.74) is -2.37. The van der Waals surface area contributed by atoms with Gasteiger partial charge in [0, 0.05) is 24.9 Å². The van der Waals surface area contributed by atoms with Crippen LogP contribution in [0.1, 0.15) is 135 Å². The van der Waals surface area contributed by atoms with Crippen LogP contribution in [-0.2, 0) is 23.7 Å². The number of likely N-dealkylation sites (tertiary alicyclic amines) is 1. The quantitative estimate of drug-likeness (QED) is 0.0791. The molecule has 0 aromatic rings. The van der Waals surface area contributed by atoms with Crippen LogP contribution >= 0.6 is 0 Å². The number of nitrogens with zero attached hydrogens (tertiary/aromatic N) is 1. The average molecular weight is 658 g/mol. The second-order valence-corrected chi connectivity index (χ2v) is 15.3. The molecular weight excluding hydrogens is 598 g/mol. The first-order chi connectivity index (χ1) is 22.8. The van der Waals surface area contributed by atoms with Gasteiger partial charge in [-0.05, 0) is 63.0 Å². The van der Waals surface area contributed by atoms with Crippen molar-refractivity contribution in [2.45, 2.75) is 153 Å². The average Bonchev–Trinajstić information content (AvgIpc) is 3.82. The van der Waals surface area contributed by atoms with E-state index in [9.17, 15) is 19.8 Å². The van der Waals surface area contributed by atoms with Gasteiger partial charge in [-0.25, -0.2) is 4.79 Å². The Balaban J connectivity index is 0.918. The SMILES string of the molecule is CCCCCCCCCCCCCCCCOC(=O)OCOC1=C2O[C@@]3(O)C(=O)CC[C@@]4(O)C5CC(C=C1)C2[C@@]34CCN5CC1CC1. The monoisotopic (exact) mass is 657 g/mol. The summed E-state index contributed by atoms with van der Waals surface area (Å²) in [5, 5.41) is 24.4. The number of Topliss-reactive ketones (excluding diaryl/α,β-unsaturated/α-hetero) is 1. The Hall–Kier alpha value is -2.10. The number of piperidine rings is 1. The van der Waals surface area contributed by atoms with E-state index in [4.69, 9.17) is 18.9 Å². The van der Waals surface area contributed by atoms with Crippen LogP contribution in [0, 0.1) is 23.2 Å². The van der Waals surface area contributed by atoms with Crippen LogP contribution in [0.2, 0.25) is 0 Å². The summed E-state index contributed by atoms with van der Waals surface area (Å²) < 4.78 is 22.5. The van der Waals surface area contributed by atoms with Crippen molar-refractivity contribution < 1.29 is 38.7 Å². The zero-order valence-corrected chi connectivity index (χ0v) is 28.7. The zero-order chi connectivity index (χ0) is 32.9. The molecule has 2 saturated heterocycles.